The normalized spacial score (nSPS) is 10.5. The van der Waals surface area contributed by atoms with Crippen LogP contribution in [0.4, 0.5) is 11.5 Å². The molecular weight excluding hydrogens is 360 g/mol. The van der Waals surface area contributed by atoms with Gasteiger partial charge >= 0.3 is 0 Å². The van der Waals surface area contributed by atoms with Crippen molar-refractivity contribution < 1.29 is 4.79 Å². The lowest BCUT2D eigenvalue weighted by Crippen LogP contribution is -2.31. The molecule has 1 amide bonds. The van der Waals surface area contributed by atoms with Gasteiger partial charge in [-0.1, -0.05) is 35.9 Å². The van der Waals surface area contributed by atoms with E-state index in [0.29, 0.717) is 29.6 Å². The van der Waals surface area contributed by atoms with Crippen LogP contribution in [0.1, 0.15) is 28.5 Å². The topological polar surface area (TPSA) is 58.1 Å². The monoisotopic (exact) mass is 380 g/mol. The fourth-order valence-corrected chi connectivity index (χ4v) is 2.87. The summed E-state index contributed by atoms with van der Waals surface area (Å²) in [5, 5.41) is 3.92. The minimum atomic E-state index is -0.153. The van der Waals surface area contributed by atoms with Crippen molar-refractivity contribution in [3.63, 3.8) is 0 Å². The molecular formula is C21H21ClN4O. The summed E-state index contributed by atoms with van der Waals surface area (Å²) in [5.74, 6) is 0.448. The number of amides is 1. The third kappa shape index (κ3) is 4.83. The number of carbonyl (C=O) groups is 1. The van der Waals surface area contributed by atoms with Crippen LogP contribution in [-0.2, 0) is 6.54 Å². The average molecular weight is 381 g/mol. The van der Waals surface area contributed by atoms with Crippen molar-refractivity contribution in [3.8, 4) is 0 Å². The zero-order valence-electron chi connectivity index (χ0n) is 15.3. The Kier molecular flexibility index (Phi) is 6.04. The largest absolute Gasteiger partial charge is 0.366 e. The van der Waals surface area contributed by atoms with Crippen molar-refractivity contribution in [3.05, 3.63) is 82.8 Å². The lowest BCUT2D eigenvalue weighted by Gasteiger charge is -2.21. The molecule has 0 aliphatic rings. The maximum atomic E-state index is 12.9. The SMILES string of the molecule is CCN(C(=O)c1cc(NCc2ccc(Cl)cc2)ncn1)c1cccc(C)c1. The lowest BCUT2D eigenvalue weighted by atomic mass is 10.2. The van der Waals surface area contributed by atoms with Gasteiger partial charge in [0, 0.05) is 29.9 Å². The Morgan fingerprint density at radius 2 is 1.89 bits per heavy atom. The van der Waals surface area contributed by atoms with Gasteiger partial charge in [0.2, 0.25) is 0 Å². The Balaban J connectivity index is 1.75. The number of carbonyl (C=O) groups excluding carboxylic acids is 1. The van der Waals surface area contributed by atoms with E-state index in [9.17, 15) is 4.79 Å². The Bertz CT molecular complexity index is 927. The first-order valence-electron chi connectivity index (χ1n) is 8.75. The number of rotatable bonds is 6. The van der Waals surface area contributed by atoms with E-state index in [1.54, 1.807) is 11.0 Å². The molecule has 2 aromatic carbocycles. The van der Waals surface area contributed by atoms with Gasteiger partial charge in [-0.15, -0.1) is 0 Å². The van der Waals surface area contributed by atoms with Crippen molar-refractivity contribution in [1.29, 1.82) is 0 Å². The van der Waals surface area contributed by atoms with Gasteiger partial charge in [0.15, 0.2) is 0 Å². The lowest BCUT2D eigenvalue weighted by molar-refractivity contribution is 0.0983. The molecule has 0 spiro atoms. The highest BCUT2D eigenvalue weighted by Gasteiger charge is 2.18. The molecule has 0 radical (unpaired) electrons. The molecule has 0 saturated carbocycles. The second kappa shape index (κ2) is 8.64. The van der Waals surface area contributed by atoms with Crippen LogP contribution in [0.15, 0.2) is 60.9 Å². The quantitative estimate of drug-likeness (QED) is 0.672. The van der Waals surface area contributed by atoms with Gasteiger partial charge in [0.25, 0.3) is 5.91 Å². The Hall–Kier alpha value is -2.92. The van der Waals surface area contributed by atoms with Gasteiger partial charge in [-0.3, -0.25) is 4.79 Å². The zero-order chi connectivity index (χ0) is 19.2. The maximum Gasteiger partial charge on any atom is 0.277 e. The van der Waals surface area contributed by atoms with Crippen LogP contribution < -0.4 is 10.2 Å². The Morgan fingerprint density at radius 1 is 1.11 bits per heavy atom. The molecule has 5 nitrogen and oxygen atoms in total. The molecule has 1 N–H and O–H groups in total. The van der Waals surface area contributed by atoms with E-state index in [-0.39, 0.29) is 5.91 Å². The van der Waals surface area contributed by atoms with Crippen molar-refractivity contribution >= 4 is 29.0 Å². The second-order valence-electron chi connectivity index (χ2n) is 6.16. The first-order chi connectivity index (χ1) is 13.1. The van der Waals surface area contributed by atoms with E-state index in [0.717, 1.165) is 16.8 Å². The minimum absolute atomic E-state index is 0.153. The second-order valence-corrected chi connectivity index (χ2v) is 6.59. The van der Waals surface area contributed by atoms with E-state index in [1.165, 1.54) is 6.33 Å². The summed E-state index contributed by atoms with van der Waals surface area (Å²) in [7, 11) is 0. The fourth-order valence-electron chi connectivity index (χ4n) is 2.74. The van der Waals surface area contributed by atoms with Crippen LogP contribution in [0, 0.1) is 6.92 Å². The molecule has 0 aliphatic heterocycles. The Morgan fingerprint density at radius 3 is 2.59 bits per heavy atom. The fraction of sp³-hybridized carbons (Fsp3) is 0.190. The molecule has 0 aliphatic carbocycles. The smallest absolute Gasteiger partial charge is 0.277 e. The first kappa shape index (κ1) is 18.9. The first-order valence-corrected chi connectivity index (χ1v) is 9.13. The summed E-state index contributed by atoms with van der Waals surface area (Å²) in [6.45, 7) is 5.09. The zero-order valence-corrected chi connectivity index (χ0v) is 16.1. The standard InChI is InChI=1S/C21H21ClN4O/c1-3-26(18-6-4-5-15(2)11-18)21(27)19-12-20(25-14-24-19)23-13-16-7-9-17(22)10-8-16/h4-12,14H,3,13H2,1-2H3,(H,23,24,25). The molecule has 138 valence electrons. The van der Waals surface area contributed by atoms with E-state index < -0.39 is 0 Å². The number of hydrogen-bond donors (Lipinski definition) is 1. The number of aromatic nitrogens is 2. The number of benzene rings is 2. The highest BCUT2D eigenvalue weighted by molar-refractivity contribution is 6.30. The van der Waals surface area contributed by atoms with Crippen LogP contribution in [0.5, 0.6) is 0 Å². The molecule has 0 saturated heterocycles. The van der Waals surface area contributed by atoms with Crippen LogP contribution in [0.3, 0.4) is 0 Å². The number of hydrogen-bond acceptors (Lipinski definition) is 4. The summed E-state index contributed by atoms with van der Waals surface area (Å²) in [6.07, 6.45) is 1.40. The molecule has 0 unspecified atom stereocenters. The molecule has 27 heavy (non-hydrogen) atoms. The third-order valence-corrected chi connectivity index (χ3v) is 4.40. The minimum Gasteiger partial charge on any atom is -0.366 e. The van der Waals surface area contributed by atoms with Gasteiger partial charge < -0.3 is 10.2 Å². The number of nitrogens with one attached hydrogen (secondary N) is 1. The molecule has 3 rings (SSSR count). The molecule has 6 heteroatoms. The Labute approximate surface area is 164 Å². The molecule has 0 fully saturated rings. The molecule has 1 aromatic heterocycles. The number of anilines is 2. The summed E-state index contributed by atoms with van der Waals surface area (Å²) in [6, 6.07) is 17.1. The third-order valence-electron chi connectivity index (χ3n) is 4.15. The highest BCUT2D eigenvalue weighted by atomic mass is 35.5. The summed E-state index contributed by atoms with van der Waals surface area (Å²) in [4.78, 5) is 23.0. The predicted molar refractivity (Wildman–Crippen MR) is 109 cm³/mol. The number of halogens is 1. The van der Waals surface area contributed by atoms with Crippen molar-refractivity contribution in [1.82, 2.24) is 9.97 Å². The summed E-state index contributed by atoms with van der Waals surface area (Å²) < 4.78 is 0. The van der Waals surface area contributed by atoms with Gasteiger partial charge in [-0.05, 0) is 49.2 Å². The molecule has 0 atom stereocenters. The van der Waals surface area contributed by atoms with Crippen LogP contribution in [0.2, 0.25) is 5.02 Å². The van der Waals surface area contributed by atoms with Crippen molar-refractivity contribution in [2.24, 2.45) is 0 Å². The molecule has 0 bridgehead atoms. The van der Waals surface area contributed by atoms with Crippen LogP contribution in [-0.4, -0.2) is 22.4 Å². The van der Waals surface area contributed by atoms with E-state index in [1.807, 2.05) is 62.4 Å². The number of aryl methyl sites for hydroxylation is 1. The maximum absolute atomic E-state index is 12.9. The van der Waals surface area contributed by atoms with Gasteiger partial charge in [0.1, 0.15) is 17.8 Å². The van der Waals surface area contributed by atoms with Crippen molar-refractivity contribution in [2.45, 2.75) is 20.4 Å². The number of nitrogens with zero attached hydrogens (tertiary/aromatic N) is 3. The van der Waals surface area contributed by atoms with Crippen LogP contribution in [0.25, 0.3) is 0 Å². The summed E-state index contributed by atoms with van der Waals surface area (Å²) >= 11 is 5.90. The summed E-state index contributed by atoms with van der Waals surface area (Å²) in [5.41, 5.74) is 3.39. The van der Waals surface area contributed by atoms with Gasteiger partial charge in [0.05, 0.1) is 0 Å². The van der Waals surface area contributed by atoms with Gasteiger partial charge in [-0.2, -0.15) is 0 Å². The average Bonchev–Trinajstić information content (AvgIpc) is 2.68. The highest BCUT2D eigenvalue weighted by Crippen LogP contribution is 2.19. The molecule has 1 heterocycles. The van der Waals surface area contributed by atoms with Crippen molar-refractivity contribution in [2.75, 3.05) is 16.8 Å². The van der Waals surface area contributed by atoms with Gasteiger partial charge in [-0.25, -0.2) is 9.97 Å². The van der Waals surface area contributed by atoms with E-state index in [4.69, 9.17) is 11.6 Å². The van der Waals surface area contributed by atoms with Crippen LogP contribution >= 0.6 is 11.6 Å². The molecule has 3 aromatic rings. The predicted octanol–water partition coefficient (Wildman–Crippen LogP) is 4.72. The van der Waals surface area contributed by atoms with E-state index >= 15 is 0 Å². The van der Waals surface area contributed by atoms with E-state index in [2.05, 4.69) is 15.3 Å².